The Morgan fingerprint density at radius 3 is 1.15 bits per heavy atom. The Balaban J connectivity index is -0.000000352. The van der Waals surface area contributed by atoms with E-state index in [0.717, 1.165) is 20.8 Å². The Morgan fingerprint density at radius 2 is 1.00 bits per heavy atom. The van der Waals surface area contributed by atoms with Crippen LogP contribution in [0.2, 0.25) is 0 Å². The molecule has 11 heteroatoms. The molecule has 0 unspecified atom stereocenters. The van der Waals surface area contributed by atoms with E-state index in [9.17, 15) is 33.9 Å². The molecule has 0 rings (SSSR count). The molecule has 0 aromatic carbocycles. The quantitative estimate of drug-likeness (QED) is 0.344. The number of carboxylic acids is 1. The normalized spacial score (nSPS) is 7.95. The minimum Gasteiger partial charge on any atom is -0.542 e. The first kappa shape index (κ1) is 24.0. The summed E-state index contributed by atoms with van der Waals surface area (Å²) in [4.78, 5) is 60.2. The smallest absolute Gasteiger partial charge is 0.542 e. The van der Waals surface area contributed by atoms with E-state index in [2.05, 4.69) is 7.64 Å². The van der Waals surface area contributed by atoms with Crippen LogP contribution in [0.4, 0.5) is 0 Å². The van der Waals surface area contributed by atoms with Crippen molar-refractivity contribution in [3.63, 3.8) is 0 Å². The zero-order valence-electron chi connectivity index (χ0n) is 11.1. The van der Waals surface area contributed by atoms with Gasteiger partial charge in [-0.3, -0.25) is 4.79 Å². The van der Waals surface area contributed by atoms with Crippen LogP contribution in [0.3, 0.4) is 0 Å². The molecule has 20 heavy (non-hydrogen) atoms. The number of carboxylic acid groups (broad SMARTS) is 1. The van der Waals surface area contributed by atoms with E-state index in [1.807, 2.05) is 0 Å². The number of ketones is 3. The molecule has 0 saturated heterocycles. The molecule has 0 amide bonds. The first-order chi connectivity index (χ1) is 8.59. The molecule has 0 aromatic rings. The Morgan fingerprint density at radius 1 is 0.750 bits per heavy atom. The molecule has 0 spiro atoms. The number of aliphatic carboxylic acids is 1. The van der Waals surface area contributed by atoms with Crippen molar-refractivity contribution in [1.82, 2.24) is 0 Å². The van der Waals surface area contributed by atoms with Gasteiger partial charge in [-0.05, 0) is 0 Å². The van der Waals surface area contributed by atoms with Crippen LogP contribution in [0.5, 0.6) is 0 Å². The summed E-state index contributed by atoms with van der Waals surface area (Å²) in [6.07, 6.45) is 0. The second kappa shape index (κ2) is 12.9. The molecule has 0 aliphatic rings. The third-order valence-electron chi connectivity index (χ3n) is 1.08. The van der Waals surface area contributed by atoms with Crippen LogP contribution in [0, 0.1) is 0 Å². The molecule has 0 bridgehead atoms. The van der Waals surface area contributed by atoms with Crippen molar-refractivity contribution in [3.05, 3.63) is 0 Å². The summed E-state index contributed by atoms with van der Waals surface area (Å²) in [5.74, 6) is -6.32. The summed E-state index contributed by atoms with van der Waals surface area (Å²) in [6.45, 7) is 2.98. The third-order valence-corrected chi connectivity index (χ3v) is 2.00. The number of hydrogen-bond donors (Lipinski definition) is 0. The summed E-state index contributed by atoms with van der Waals surface area (Å²) >= 11 is -1.26. The van der Waals surface area contributed by atoms with Crippen molar-refractivity contribution in [2.75, 3.05) is 0 Å². The van der Waals surface area contributed by atoms with Crippen LogP contribution in [0.25, 0.3) is 0 Å². The van der Waals surface area contributed by atoms with E-state index >= 15 is 0 Å². The van der Waals surface area contributed by atoms with Crippen LogP contribution in [-0.4, -0.2) is 50.9 Å². The van der Waals surface area contributed by atoms with Gasteiger partial charge in [-0.25, -0.2) is 0 Å². The largest absolute Gasteiger partial charge is 1.00 e. The molecule has 0 aliphatic carbocycles. The average molecular weight is 363 g/mol. The summed E-state index contributed by atoms with van der Waals surface area (Å²) < 4.78 is 8.41. The first-order valence-corrected chi connectivity index (χ1v) is 5.82. The Bertz CT molecular complexity index is 380. The topological polar surface area (TPSA) is 144 Å². The second-order valence-corrected chi connectivity index (χ2v) is 3.75. The molecule has 106 valence electrons. The molecule has 0 fully saturated rings. The van der Waals surface area contributed by atoms with Crippen LogP contribution in [0.15, 0.2) is 0 Å². The standard InChI is InChI=1S/C6H6O6Se.C3H4O3.Na/c1-3(7)5(9)11-13-12-6(10)4(2)8;1-2(4)3(5)6;/h1-2H3;1H3,(H,5,6);/q;;+1/p-1. The van der Waals surface area contributed by atoms with E-state index in [1.165, 1.54) is 0 Å². The third kappa shape index (κ3) is 15.0. The molecule has 0 saturated carbocycles. The number of carbonyl (C=O) groups excluding carboxylic acids is 6. The monoisotopic (exact) mass is 364 g/mol. The zero-order valence-corrected chi connectivity index (χ0v) is 14.8. The van der Waals surface area contributed by atoms with Crippen molar-refractivity contribution < 1.29 is 71.1 Å². The van der Waals surface area contributed by atoms with Gasteiger partial charge in [0.1, 0.15) is 5.97 Å². The van der Waals surface area contributed by atoms with Crippen LogP contribution < -0.4 is 34.7 Å². The Labute approximate surface area is 142 Å². The maximum Gasteiger partial charge on any atom is 1.00 e. The van der Waals surface area contributed by atoms with Gasteiger partial charge in [0.25, 0.3) is 0 Å². The molecule has 0 radical (unpaired) electrons. The summed E-state index contributed by atoms with van der Waals surface area (Å²) in [6, 6.07) is 0. The minimum absolute atomic E-state index is 0. The van der Waals surface area contributed by atoms with Gasteiger partial charge in [0.05, 0.1) is 0 Å². The zero-order chi connectivity index (χ0) is 15.6. The van der Waals surface area contributed by atoms with Gasteiger partial charge in [-0.15, -0.1) is 0 Å². The molecule has 0 heterocycles. The SMILES string of the molecule is CC(=O)C(=O)O[Se]OC(=O)C(C)=O.CC(=O)C(=O)[O-].[Na+]. The van der Waals surface area contributed by atoms with Crippen LogP contribution in [0.1, 0.15) is 20.8 Å². The minimum atomic E-state index is -1.63. The maximum absolute atomic E-state index is 10.5. The van der Waals surface area contributed by atoms with Gasteiger partial charge >= 0.3 is 109 Å². The number of carbonyl (C=O) groups is 6. The van der Waals surface area contributed by atoms with Crippen molar-refractivity contribution >= 4 is 50.9 Å². The molecule has 0 N–H and O–H groups in total. The van der Waals surface area contributed by atoms with Gasteiger partial charge < -0.3 is 9.90 Å². The molecular weight excluding hydrogens is 354 g/mol. The van der Waals surface area contributed by atoms with Gasteiger partial charge in [0.15, 0.2) is 5.78 Å². The predicted octanol–water partition coefficient (Wildman–Crippen LogP) is -5.89. The fourth-order valence-corrected chi connectivity index (χ4v) is 1.02. The molecule has 0 atom stereocenters. The summed E-state index contributed by atoms with van der Waals surface area (Å²) in [5, 5.41) is 9.24. The summed E-state index contributed by atoms with van der Waals surface area (Å²) in [5.41, 5.74) is 0. The van der Waals surface area contributed by atoms with Crippen molar-refractivity contribution in [1.29, 1.82) is 0 Å². The van der Waals surface area contributed by atoms with Crippen LogP contribution >= 0.6 is 0 Å². The molecule has 0 aromatic heterocycles. The Hall–Kier alpha value is -1.06. The fourth-order valence-electron chi connectivity index (χ4n) is 0.196. The van der Waals surface area contributed by atoms with Crippen molar-refractivity contribution in [2.24, 2.45) is 0 Å². The van der Waals surface area contributed by atoms with Crippen LogP contribution in [-0.2, 0) is 36.4 Å². The maximum atomic E-state index is 10.5. The Kier molecular flexibility index (Phi) is 15.5. The number of rotatable bonds is 5. The fraction of sp³-hybridized carbons (Fsp3) is 0.333. The van der Waals surface area contributed by atoms with Gasteiger partial charge in [0.2, 0.25) is 0 Å². The average Bonchev–Trinajstić information content (AvgIpc) is 2.28. The molecule has 9 nitrogen and oxygen atoms in total. The van der Waals surface area contributed by atoms with Crippen molar-refractivity contribution in [2.45, 2.75) is 20.8 Å². The van der Waals surface area contributed by atoms with E-state index in [4.69, 9.17) is 0 Å². The predicted molar refractivity (Wildman–Crippen MR) is 55.0 cm³/mol. The van der Waals surface area contributed by atoms with Gasteiger partial charge in [-0.2, -0.15) is 0 Å². The van der Waals surface area contributed by atoms with E-state index < -0.39 is 50.9 Å². The number of Topliss-reactive ketones (excluding diaryl/α,β-unsaturated/α-hetero) is 3. The summed E-state index contributed by atoms with van der Waals surface area (Å²) in [7, 11) is 0. The first-order valence-electron chi connectivity index (χ1n) is 4.42. The second-order valence-electron chi connectivity index (χ2n) is 2.77. The molecule has 0 aliphatic heterocycles. The van der Waals surface area contributed by atoms with E-state index in [1.54, 1.807) is 0 Å². The number of hydrogen-bond acceptors (Lipinski definition) is 9. The van der Waals surface area contributed by atoms with Gasteiger partial charge in [-0.1, -0.05) is 0 Å². The van der Waals surface area contributed by atoms with E-state index in [0.29, 0.717) is 0 Å². The van der Waals surface area contributed by atoms with Crippen molar-refractivity contribution in [3.8, 4) is 0 Å². The molecular formula is C9H9NaO9Se. The van der Waals surface area contributed by atoms with E-state index in [-0.39, 0.29) is 29.6 Å². The van der Waals surface area contributed by atoms with Gasteiger partial charge in [0, 0.05) is 6.92 Å².